The predicted molar refractivity (Wildman–Crippen MR) is 81.9 cm³/mol. The highest BCUT2D eigenvalue weighted by Gasteiger charge is 2.30. The van der Waals surface area contributed by atoms with Crippen LogP contribution in [0.1, 0.15) is 29.7 Å². The number of rotatable bonds is 5. The van der Waals surface area contributed by atoms with Gasteiger partial charge in [0, 0.05) is 12.1 Å². The van der Waals surface area contributed by atoms with E-state index in [2.05, 4.69) is 4.98 Å². The second-order valence-electron chi connectivity index (χ2n) is 5.52. The molecule has 2 atom stereocenters. The Morgan fingerprint density at radius 1 is 1.21 bits per heavy atom. The Kier molecular flexibility index (Phi) is 5.35. The Morgan fingerprint density at radius 3 is 2.38 bits per heavy atom. The molecule has 24 heavy (non-hydrogen) atoms. The molecule has 0 unspecified atom stereocenters. The summed E-state index contributed by atoms with van der Waals surface area (Å²) in [6, 6.07) is 11.6. The summed E-state index contributed by atoms with van der Waals surface area (Å²) in [5.74, 6) is -1.78. The first-order chi connectivity index (χ1) is 11.3. The number of nitriles is 1. The third-order valence-corrected chi connectivity index (χ3v) is 3.71. The van der Waals surface area contributed by atoms with Crippen molar-refractivity contribution in [1.29, 1.82) is 5.26 Å². The fourth-order valence-corrected chi connectivity index (χ4v) is 2.39. The molecule has 1 heterocycles. The molecule has 6 heteroatoms. The summed E-state index contributed by atoms with van der Waals surface area (Å²) in [6.45, 7) is 1.66. The zero-order valence-electron chi connectivity index (χ0n) is 12.9. The first kappa shape index (κ1) is 17.7. The molecule has 0 spiro atoms. The highest BCUT2D eigenvalue weighted by atomic mass is 19.4. The fourth-order valence-electron chi connectivity index (χ4n) is 2.39. The van der Waals surface area contributed by atoms with Crippen LogP contribution in [0.3, 0.4) is 0 Å². The van der Waals surface area contributed by atoms with Crippen molar-refractivity contribution in [3.05, 3.63) is 65.5 Å². The lowest BCUT2D eigenvalue weighted by Crippen LogP contribution is -2.21. The Labute approximate surface area is 137 Å². The van der Waals surface area contributed by atoms with Gasteiger partial charge in [-0.15, -0.1) is 0 Å². The molecule has 2 rings (SSSR count). The van der Waals surface area contributed by atoms with E-state index in [1.807, 2.05) is 6.07 Å². The summed E-state index contributed by atoms with van der Waals surface area (Å²) < 4.78 is 37.7. The van der Waals surface area contributed by atoms with Crippen LogP contribution in [0.25, 0.3) is 0 Å². The van der Waals surface area contributed by atoms with Crippen LogP contribution >= 0.6 is 0 Å². The smallest absolute Gasteiger partial charge is 0.297 e. The number of ketones is 1. The van der Waals surface area contributed by atoms with E-state index < -0.39 is 23.6 Å². The van der Waals surface area contributed by atoms with Crippen molar-refractivity contribution in [1.82, 2.24) is 4.98 Å². The van der Waals surface area contributed by atoms with E-state index in [4.69, 9.17) is 0 Å². The van der Waals surface area contributed by atoms with Gasteiger partial charge in [-0.2, -0.15) is 18.4 Å². The number of hydrogen-bond acceptors (Lipinski definition) is 3. The average Bonchev–Trinajstić information content (AvgIpc) is 2.56. The van der Waals surface area contributed by atoms with E-state index in [0.29, 0.717) is 11.3 Å². The van der Waals surface area contributed by atoms with Gasteiger partial charge in [0.1, 0.15) is 5.92 Å². The lowest BCUT2D eigenvalue weighted by Gasteiger charge is -2.15. The minimum Gasteiger partial charge on any atom is -0.297 e. The molecular weight excluding hydrogens is 317 g/mol. The molecular formula is C18H15F3N2O. The molecule has 0 radical (unpaired) electrons. The zero-order chi connectivity index (χ0) is 17.7. The SMILES string of the molecule is C[C@@H](Cc1ccc(C(F)(F)F)cc1)C(=O)[C@H](C#N)c1ccccn1. The van der Waals surface area contributed by atoms with Gasteiger partial charge in [0.05, 0.1) is 17.3 Å². The van der Waals surface area contributed by atoms with Gasteiger partial charge in [-0.25, -0.2) is 0 Å². The maximum absolute atomic E-state index is 12.6. The quantitative estimate of drug-likeness (QED) is 0.826. The summed E-state index contributed by atoms with van der Waals surface area (Å²) in [6.07, 6.45) is -2.61. The van der Waals surface area contributed by atoms with Gasteiger partial charge in [-0.3, -0.25) is 9.78 Å². The van der Waals surface area contributed by atoms with Crippen LogP contribution in [0.15, 0.2) is 48.7 Å². The molecule has 1 aromatic carbocycles. The van der Waals surface area contributed by atoms with Crippen LogP contribution in [0, 0.1) is 17.2 Å². The van der Waals surface area contributed by atoms with E-state index in [1.165, 1.54) is 18.3 Å². The predicted octanol–water partition coefficient (Wildman–Crippen LogP) is 4.16. The molecule has 0 saturated carbocycles. The third-order valence-electron chi connectivity index (χ3n) is 3.71. The maximum Gasteiger partial charge on any atom is 0.416 e. The maximum atomic E-state index is 12.6. The zero-order valence-corrected chi connectivity index (χ0v) is 12.9. The second-order valence-corrected chi connectivity index (χ2v) is 5.52. The number of carbonyl (C=O) groups is 1. The minimum absolute atomic E-state index is 0.266. The van der Waals surface area contributed by atoms with Crippen LogP contribution in [-0.2, 0) is 17.4 Å². The van der Waals surface area contributed by atoms with Crippen molar-refractivity contribution in [3.8, 4) is 6.07 Å². The monoisotopic (exact) mass is 332 g/mol. The van der Waals surface area contributed by atoms with Gasteiger partial charge in [0.2, 0.25) is 0 Å². The lowest BCUT2D eigenvalue weighted by atomic mass is 9.88. The average molecular weight is 332 g/mol. The van der Waals surface area contributed by atoms with Crippen LogP contribution in [0.4, 0.5) is 13.2 Å². The molecule has 2 aromatic rings. The largest absolute Gasteiger partial charge is 0.416 e. The Hall–Kier alpha value is -2.68. The van der Waals surface area contributed by atoms with Crippen molar-refractivity contribution in [2.45, 2.75) is 25.4 Å². The molecule has 0 aliphatic heterocycles. The Morgan fingerprint density at radius 2 is 1.88 bits per heavy atom. The molecule has 0 N–H and O–H groups in total. The van der Waals surface area contributed by atoms with Gasteiger partial charge in [0.15, 0.2) is 5.78 Å². The summed E-state index contributed by atoms with van der Waals surface area (Å²) >= 11 is 0. The topological polar surface area (TPSA) is 53.8 Å². The highest BCUT2D eigenvalue weighted by Crippen LogP contribution is 2.29. The van der Waals surface area contributed by atoms with Crippen LogP contribution < -0.4 is 0 Å². The van der Waals surface area contributed by atoms with Crippen molar-refractivity contribution < 1.29 is 18.0 Å². The standard InChI is InChI=1S/C18H15F3N2O/c1-12(10-13-5-7-14(8-6-13)18(19,20)21)17(24)15(11-22)16-4-2-3-9-23-16/h2-9,12,15H,10H2,1H3/t12-,15+/m0/s1. The van der Waals surface area contributed by atoms with E-state index in [9.17, 15) is 23.2 Å². The van der Waals surface area contributed by atoms with Gasteiger partial charge in [-0.1, -0.05) is 25.1 Å². The first-order valence-electron chi connectivity index (χ1n) is 7.33. The summed E-state index contributed by atoms with van der Waals surface area (Å²) in [5.41, 5.74) is 0.263. The molecule has 0 fully saturated rings. The third kappa shape index (κ3) is 4.19. The Bertz CT molecular complexity index is 734. The van der Waals surface area contributed by atoms with Gasteiger partial charge >= 0.3 is 6.18 Å². The molecule has 3 nitrogen and oxygen atoms in total. The van der Waals surface area contributed by atoms with E-state index in [1.54, 1.807) is 25.1 Å². The Balaban J connectivity index is 2.10. The molecule has 0 bridgehead atoms. The first-order valence-corrected chi connectivity index (χ1v) is 7.33. The number of benzene rings is 1. The summed E-state index contributed by atoms with van der Waals surface area (Å²) in [4.78, 5) is 16.5. The molecule has 0 aliphatic rings. The second kappa shape index (κ2) is 7.26. The van der Waals surface area contributed by atoms with E-state index in [0.717, 1.165) is 12.1 Å². The summed E-state index contributed by atoms with van der Waals surface area (Å²) in [5, 5.41) is 9.25. The molecule has 0 saturated heterocycles. The van der Waals surface area contributed by atoms with Crippen molar-refractivity contribution in [2.24, 2.45) is 5.92 Å². The fraction of sp³-hybridized carbons (Fsp3) is 0.278. The van der Waals surface area contributed by atoms with Crippen LogP contribution in [-0.4, -0.2) is 10.8 Å². The van der Waals surface area contributed by atoms with Crippen molar-refractivity contribution >= 4 is 5.78 Å². The minimum atomic E-state index is -4.38. The van der Waals surface area contributed by atoms with Crippen LogP contribution in [0.5, 0.6) is 0 Å². The van der Waals surface area contributed by atoms with Crippen molar-refractivity contribution in [3.63, 3.8) is 0 Å². The number of halogens is 3. The summed E-state index contributed by atoms with van der Waals surface area (Å²) in [7, 11) is 0. The number of carbonyl (C=O) groups excluding carboxylic acids is 1. The van der Waals surface area contributed by atoms with Gasteiger partial charge in [-0.05, 0) is 36.2 Å². The number of pyridine rings is 1. The highest BCUT2D eigenvalue weighted by molar-refractivity contribution is 5.89. The number of hydrogen-bond donors (Lipinski definition) is 0. The van der Waals surface area contributed by atoms with Crippen LogP contribution in [0.2, 0.25) is 0 Å². The van der Waals surface area contributed by atoms with Gasteiger partial charge in [0.25, 0.3) is 0 Å². The number of nitrogens with zero attached hydrogens (tertiary/aromatic N) is 2. The van der Waals surface area contributed by atoms with Crippen molar-refractivity contribution in [2.75, 3.05) is 0 Å². The number of Topliss-reactive ketones (excluding diaryl/α,β-unsaturated/α-hetero) is 1. The van der Waals surface area contributed by atoms with E-state index >= 15 is 0 Å². The molecule has 1 aromatic heterocycles. The number of aromatic nitrogens is 1. The normalized spacial score (nSPS) is 13.8. The van der Waals surface area contributed by atoms with Gasteiger partial charge < -0.3 is 0 Å². The molecule has 124 valence electrons. The molecule has 0 aliphatic carbocycles. The molecule has 0 amide bonds. The number of alkyl halides is 3. The van der Waals surface area contributed by atoms with E-state index in [-0.39, 0.29) is 12.2 Å². The lowest BCUT2D eigenvalue weighted by molar-refractivity contribution is -0.137.